The second-order valence-electron chi connectivity index (χ2n) is 3.69. The van der Waals surface area contributed by atoms with Gasteiger partial charge in [0.2, 0.25) is 0 Å². The summed E-state index contributed by atoms with van der Waals surface area (Å²) >= 11 is 0. The van der Waals surface area contributed by atoms with E-state index in [-0.39, 0.29) is 24.3 Å². The molecule has 2 N–H and O–H groups in total. The summed E-state index contributed by atoms with van der Waals surface area (Å²) in [5, 5.41) is 0. The Kier molecular flexibility index (Phi) is 2.25. The number of ether oxygens (including phenoxy) is 1. The minimum absolute atomic E-state index is 0.0234. The van der Waals surface area contributed by atoms with E-state index in [2.05, 4.69) is 0 Å². The molecule has 1 saturated carbocycles. The van der Waals surface area contributed by atoms with Crippen molar-refractivity contribution in [1.29, 1.82) is 0 Å². The molecule has 0 aromatic heterocycles. The molecule has 1 aliphatic rings. The molecule has 0 bridgehead atoms. The van der Waals surface area contributed by atoms with E-state index in [4.69, 9.17) is 10.5 Å². The molecule has 0 aliphatic heterocycles. The number of benzene rings is 1. The van der Waals surface area contributed by atoms with Crippen LogP contribution in [0.3, 0.4) is 0 Å². The number of nitrogen functional groups attached to an aromatic ring is 1. The lowest BCUT2D eigenvalue weighted by atomic mass is 9.91. The highest BCUT2D eigenvalue weighted by Crippen LogP contribution is 2.40. The van der Waals surface area contributed by atoms with Gasteiger partial charge in [-0.25, -0.2) is 13.2 Å². The SMILES string of the molecule is Nc1ccc(OC2CC(F)(F)C2)c(F)c1. The van der Waals surface area contributed by atoms with Crippen molar-refractivity contribution in [1.82, 2.24) is 0 Å². The van der Waals surface area contributed by atoms with Gasteiger partial charge in [-0.3, -0.25) is 0 Å². The standard InChI is InChI=1S/C10H10F3NO/c11-8-3-6(14)1-2-9(8)15-7-4-10(12,13)5-7/h1-3,7H,4-5,14H2. The Bertz CT molecular complexity index is 373. The van der Waals surface area contributed by atoms with Gasteiger partial charge in [0.15, 0.2) is 11.6 Å². The van der Waals surface area contributed by atoms with Gasteiger partial charge < -0.3 is 10.5 Å². The zero-order chi connectivity index (χ0) is 11.1. The van der Waals surface area contributed by atoms with Crippen molar-refractivity contribution in [3.8, 4) is 5.75 Å². The van der Waals surface area contributed by atoms with Gasteiger partial charge in [-0.1, -0.05) is 0 Å². The molecule has 2 rings (SSSR count). The van der Waals surface area contributed by atoms with Crippen molar-refractivity contribution in [3.63, 3.8) is 0 Å². The quantitative estimate of drug-likeness (QED) is 0.773. The third-order valence-corrected chi connectivity index (χ3v) is 2.30. The largest absolute Gasteiger partial charge is 0.487 e. The van der Waals surface area contributed by atoms with Crippen LogP contribution in [0.25, 0.3) is 0 Å². The van der Waals surface area contributed by atoms with Gasteiger partial charge in [0.1, 0.15) is 6.10 Å². The minimum atomic E-state index is -2.66. The Morgan fingerprint density at radius 1 is 1.33 bits per heavy atom. The second-order valence-corrected chi connectivity index (χ2v) is 3.69. The number of hydrogen-bond acceptors (Lipinski definition) is 2. The maximum atomic E-state index is 13.2. The van der Waals surface area contributed by atoms with Crippen molar-refractivity contribution < 1.29 is 17.9 Å². The lowest BCUT2D eigenvalue weighted by Crippen LogP contribution is -2.43. The van der Waals surface area contributed by atoms with Crippen LogP contribution >= 0.6 is 0 Å². The van der Waals surface area contributed by atoms with Crippen LogP contribution in [0.1, 0.15) is 12.8 Å². The van der Waals surface area contributed by atoms with Crippen LogP contribution in [0, 0.1) is 5.82 Å². The van der Waals surface area contributed by atoms with E-state index in [0.717, 1.165) is 6.07 Å². The van der Waals surface area contributed by atoms with Crippen LogP contribution in [0.5, 0.6) is 5.75 Å². The van der Waals surface area contributed by atoms with Gasteiger partial charge in [-0.15, -0.1) is 0 Å². The third kappa shape index (κ3) is 2.16. The molecular weight excluding hydrogens is 207 g/mol. The van der Waals surface area contributed by atoms with Crippen molar-refractivity contribution in [2.75, 3.05) is 5.73 Å². The Hall–Kier alpha value is -1.39. The highest BCUT2D eigenvalue weighted by molar-refractivity contribution is 5.42. The van der Waals surface area contributed by atoms with Crippen LogP contribution in [0.4, 0.5) is 18.9 Å². The van der Waals surface area contributed by atoms with Crippen LogP contribution in [-0.4, -0.2) is 12.0 Å². The normalized spacial score (nSPS) is 19.7. The zero-order valence-electron chi connectivity index (χ0n) is 7.84. The van der Waals surface area contributed by atoms with Gasteiger partial charge >= 0.3 is 0 Å². The molecule has 1 aliphatic carbocycles. The van der Waals surface area contributed by atoms with Crippen molar-refractivity contribution in [2.45, 2.75) is 24.9 Å². The summed E-state index contributed by atoms with van der Waals surface area (Å²) in [4.78, 5) is 0. The second kappa shape index (κ2) is 3.32. The van der Waals surface area contributed by atoms with E-state index in [1.165, 1.54) is 12.1 Å². The summed E-state index contributed by atoms with van der Waals surface area (Å²) in [6, 6.07) is 3.92. The Balaban J connectivity index is 2.00. The Labute approximate surface area is 84.8 Å². The van der Waals surface area contributed by atoms with Crippen molar-refractivity contribution in [3.05, 3.63) is 24.0 Å². The van der Waals surface area contributed by atoms with Crippen molar-refractivity contribution in [2.24, 2.45) is 0 Å². The smallest absolute Gasteiger partial charge is 0.255 e. The molecule has 0 unspecified atom stereocenters. The first kappa shape index (κ1) is 10.1. The first-order valence-electron chi connectivity index (χ1n) is 4.56. The fourth-order valence-electron chi connectivity index (χ4n) is 1.48. The van der Waals surface area contributed by atoms with Gasteiger partial charge in [-0.05, 0) is 12.1 Å². The molecule has 0 saturated heterocycles. The summed E-state index contributed by atoms with van der Waals surface area (Å²) in [6.07, 6.45) is -1.30. The fourth-order valence-corrected chi connectivity index (χ4v) is 1.48. The highest BCUT2D eigenvalue weighted by atomic mass is 19.3. The van der Waals surface area contributed by atoms with Gasteiger partial charge in [0, 0.05) is 24.6 Å². The number of anilines is 1. The molecule has 0 amide bonds. The third-order valence-electron chi connectivity index (χ3n) is 2.30. The first-order chi connectivity index (χ1) is 6.96. The average molecular weight is 217 g/mol. The monoisotopic (exact) mass is 217 g/mol. The van der Waals surface area contributed by atoms with Gasteiger partial charge in [0.25, 0.3) is 5.92 Å². The molecular formula is C10H10F3NO. The summed E-state index contributed by atoms with van der Waals surface area (Å²) in [5.41, 5.74) is 5.61. The first-order valence-corrected chi connectivity index (χ1v) is 4.56. The van der Waals surface area contributed by atoms with Crippen LogP contribution < -0.4 is 10.5 Å². The predicted molar refractivity (Wildman–Crippen MR) is 49.4 cm³/mol. The molecule has 0 atom stereocenters. The predicted octanol–water partition coefficient (Wildman–Crippen LogP) is 2.58. The van der Waals surface area contributed by atoms with E-state index in [9.17, 15) is 13.2 Å². The Morgan fingerprint density at radius 2 is 2.00 bits per heavy atom. The van der Waals surface area contributed by atoms with E-state index in [0.29, 0.717) is 0 Å². The summed E-state index contributed by atoms with van der Waals surface area (Å²) in [6.45, 7) is 0. The summed E-state index contributed by atoms with van der Waals surface area (Å²) < 4.78 is 43.2. The molecule has 82 valence electrons. The number of rotatable bonds is 2. The molecule has 0 heterocycles. The maximum absolute atomic E-state index is 13.2. The number of nitrogens with two attached hydrogens (primary N) is 1. The zero-order valence-corrected chi connectivity index (χ0v) is 7.84. The van der Waals surface area contributed by atoms with E-state index in [1.807, 2.05) is 0 Å². The molecule has 5 heteroatoms. The lowest BCUT2D eigenvalue weighted by molar-refractivity contribution is -0.135. The molecule has 1 fully saturated rings. The van der Waals surface area contributed by atoms with E-state index in [1.54, 1.807) is 0 Å². The molecule has 0 spiro atoms. The minimum Gasteiger partial charge on any atom is -0.487 e. The summed E-state index contributed by atoms with van der Waals surface area (Å²) in [7, 11) is 0. The van der Waals surface area contributed by atoms with Crippen LogP contribution in [0.2, 0.25) is 0 Å². The average Bonchev–Trinajstić information content (AvgIpc) is 2.06. The molecule has 15 heavy (non-hydrogen) atoms. The van der Waals surface area contributed by atoms with Gasteiger partial charge in [0.05, 0.1) is 0 Å². The molecule has 1 aromatic carbocycles. The fraction of sp³-hybridized carbons (Fsp3) is 0.400. The molecule has 2 nitrogen and oxygen atoms in total. The number of alkyl halides is 2. The van der Waals surface area contributed by atoms with E-state index < -0.39 is 17.8 Å². The molecule has 0 radical (unpaired) electrons. The maximum Gasteiger partial charge on any atom is 0.255 e. The van der Waals surface area contributed by atoms with E-state index >= 15 is 0 Å². The van der Waals surface area contributed by atoms with Crippen LogP contribution in [-0.2, 0) is 0 Å². The molecule has 1 aromatic rings. The van der Waals surface area contributed by atoms with Crippen LogP contribution in [0.15, 0.2) is 18.2 Å². The number of hydrogen-bond donors (Lipinski definition) is 1. The summed E-state index contributed by atoms with van der Waals surface area (Å²) in [5.74, 6) is -3.30. The highest BCUT2D eigenvalue weighted by Gasteiger charge is 2.47. The Morgan fingerprint density at radius 3 is 2.53 bits per heavy atom. The van der Waals surface area contributed by atoms with Crippen molar-refractivity contribution >= 4 is 5.69 Å². The lowest BCUT2D eigenvalue weighted by Gasteiger charge is -2.34. The number of halogens is 3. The van der Waals surface area contributed by atoms with Gasteiger partial charge in [-0.2, -0.15) is 0 Å². The topological polar surface area (TPSA) is 35.2 Å².